The lowest BCUT2D eigenvalue weighted by Crippen LogP contribution is -2.33. The van der Waals surface area contributed by atoms with Gasteiger partial charge in [0.25, 0.3) is 0 Å². The molecule has 0 radical (unpaired) electrons. The molecule has 6 nitrogen and oxygen atoms in total. The Balaban J connectivity index is 0. The molecule has 22 heavy (non-hydrogen) atoms. The average Bonchev–Trinajstić information content (AvgIpc) is 2.44. The number of carbonyl (C=O) groups is 2. The fraction of sp³-hybridized carbons (Fsp3) is 0.500. The molecular formula is C16H22N2O4. The van der Waals surface area contributed by atoms with Gasteiger partial charge in [0.2, 0.25) is 0 Å². The monoisotopic (exact) mass is 306 g/mol. The highest BCUT2D eigenvalue weighted by molar-refractivity contribution is 5.82. The molecule has 0 saturated carbocycles. The normalized spacial score (nSPS) is 15.2. The van der Waals surface area contributed by atoms with Crippen LogP contribution in [0.5, 0.6) is 0 Å². The lowest BCUT2D eigenvalue weighted by molar-refractivity contribution is -0.160. The summed E-state index contributed by atoms with van der Waals surface area (Å²) in [6, 6.07) is 3.47. The van der Waals surface area contributed by atoms with Crippen LogP contribution in [0.3, 0.4) is 0 Å². The molecule has 2 unspecified atom stereocenters. The van der Waals surface area contributed by atoms with Crippen molar-refractivity contribution >= 4 is 11.9 Å². The molecule has 1 N–H and O–H groups in total. The van der Waals surface area contributed by atoms with E-state index in [-0.39, 0.29) is 0 Å². The van der Waals surface area contributed by atoms with E-state index in [1.165, 1.54) is 19.9 Å². The topological polar surface area (TPSA) is 111 Å². The molecular weight excluding hydrogens is 284 g/mol. The second-order valence-electron chi connectivity index (χ2n) is 5.84. The van der Waals surface area contributed by atoms with Crippen molar-refractivity contribution in [3.8, 4) is 12.1 Å². The van der Waals surface area contributed by atoms with Gasteiger partial charge in [-0.2, -0.15) is 10.5 Å². The van der Waals surface area contributed by atoms with E-state index in [0.29, 0.717) is 0 Å². The Morgan fingerprint density at radius 3 is 1.50 bits per heavy atom. The van der Waals surface area contributed by atoms with Crippen molar-refractivity contribution in [2.75, 3.05) is 0 Å². The van der Waals surface area contributed by atoms with Gasteiger partial charge in [0.1, 0.15) is 5.60 Å². The standard InChI is InChI=1S/C10H15NO2.C6H7NO2/c1-6-10(5,7-11)8(12)13-9(2,3)4;1-3-6(2,4-7)5(8)9/h6H,1H2,2-5H3;3H,1H2,2H3,(H,8,9). The van der Waals surface area contributed by atoms with Crippen LogP contribution in [-0.2, 0) is 14.3 Å². The van der Waals surface area contributed by atoms with Crippen molar-refractivity contribution in [2.45, 2.75) is 40.2 Å². The fourth-order valence-corrected chi connectivity index (χ4v) is 0.739. The number of carboxylic acids is 1. The molecule has 0 rings (SSSR count). The Labute approximate surface area is 131 Å². The van der Waals surface area contributed by atoms with Crippen molar-refractivity contribution in [1.82, 2.24) is 0 Å². The van der Waals surface area contributed by atoms with Crippen LogP contribution in [0.1, 0.15) is 34.6 Å². The van der Waals surface area contributed by atoms with Gasteiger partial charge in [0.15, 0.2) is 10.8 Å². The molecule has 0 amide bonds. The van der Waals surface area contributed by atoms with Gasteiger partial charge >= 0.3 is 11.9 Å². The third-order valence-corrected chi connectivity index (χ3v) is 2.55. The van der Waals surface area contributed by atoms with Crippen molar-refractivity contribution in [3.05, 3.63) is 25.3 Å². The number of carboxylic acid groups (broad SMARTS) is 1. The van der Waals surface area contributed by atoms with Crippen LogP contribution in [0, 0.1) is 33.5 Å². The van der Waals surface area contributed by atoms with E-state index in [1.807, 2.05) is 6.07 Å². The van der Waals surface area contributed by atoms with E-state index < -0.39 is 28.4 Å². The molecule has 6 heteroatoms. The Morgan fingerprint density at radius 1 is 1.00 bits per heavy atom. The Kier molecular flexibility index (Phi) is 7.88. The maximum Gasteiger partial charge on any atom is 0.330 e. The number of aliphatic carboxylic acids is 1. The molecule has 0 aliphatic rings. The van der Waals surface area contributed by atoms with Crippen LogP contribution < -0.4 is 0 Å². The number of rotatable bonds is 4. The molecule has 0 bridgehead atoms. The third kappa shape index (κ3) is 6.71. The number of nitrogens with zero attached hydrogens (tertiary/aromatic N) is 2. The van der Waals surface area contributed by atoms with Crippen LogP contribution in [-0.4, -0.2) is 22.6 Å². The molecule has 0 aliphatic heterocycles. The van der Waals surface area contributed by atoms with E-state index >= 15 is 0 Å². The first-order valence-corrected chi connectivity index (χ1v) is 6.38. The maximum atomic E-state index is 11.4. The molecule has 0 aromatic heterocycles. The van der Waals surface area contributed by atoms with E-state index in [9.17, 15) is 9.59 Å². The Hall–Kier alpha value is -2.60. The van der Waals surface area contributed by atoms with Gasteiger partial charge in [0.05, 0.1) is 12.1 Å². The predicted molar refractivity (Wildman–Crippen MR) is 81.3 cm³/mol. The fourth-order valence-electron chi connectivity index (χ4n) is 0.739. The lowest BCUT2D eigenvalue weighted by atomic mass is 9.93. The predicted octanol–water partition coefficient (Wildman–Crippen LogP) is 2.83. The summed E-state index contributed by atoms with van der Waals surface area (Å²) >= 11 is 0. The number of ether oxygens (including phenoxy) is 1. The van der Waals surface area contributed by atoms with Crippen LogP contribution in [0.15, 0.2) is 25.3 Å². The van der Waals surface area contributed by atoms with Crippen molar-refractivity contribution in [3.63, 3.8) is 0 Å². The van der Waals surface area contributed by atoms with E-state index in [1.54, 1.807) is 26.8 Å². The highest BCUT2D eigenvalue weighted by Crippen LogP contribution is 2.22. The zero-order chi connectivity index (χ0) is 18.2. The minimum Gasteiger partial charge on any atom is -0.480 e. The molecule has 0 spiro atoms. The summed E-state index contributed by atoms with van der Waals surface area (Å²) in [4.78, 5) is 21.6. The van der Waals surface area contributed by atoms with Gasteiger partial charge in [-0.05, 0) is 34.6 Å². The first-order chi connectivity index (χ1) is 9.81. The summed E-state index contributed by atoms with van der Waals surface area (Å²) < 4.78 is 5.05. The number of hydrogen-bond acceptors (Lipinski definition) is 5. The first-order valence-electron chi connectivity index (χ1n) is 6.38. The Bertz CT molecular complexity index is 534. The summed E-state index contributed by atoms with van der Waals surface area (Å²) in [5.41, 5.74) is -3.24. The van der Waals surface area contributed by atoms with Gasteiger partial charge in [-0.1, -0.05) is 12.2 Å². The summed E-state index contributed by atoms with van der Waals surface area (Å²) in [6.07, 6.45) is 2.40. The van der Waals surface area contributed by atoms with Crippen LogP contribution in [0.25, 0.3) is 0 Å². The molecule has 2 atom stereocenters. The largest absolute Gasteiger partial charge is 0.480 e. The Morgan fingerprint density at radius 2 is 1.36 bits per heavy atom. The number of carbonyl (C=O) groups excluding carboxylic acids is 1. The zero-order valence-corrected chi connectivity index (χ0v) is 13.6. The molecule has 0 aromatic rings. The summed E-state index contributed by atoms with van der Waals surface area (Å²) in [5.74, 6) is -1.72. The van der Waals surface area contributed by atoms with E-state index in [4.69, 9.17) is 20.4 Å². The number of hydrogen-bond donors (Lipinski definition) is 1. The quantitative estimate of drug-likeness (QED) is 0.631. The van der Waals surface area contributed by atoms with Crippen molar-refractivity contribution in [1.29, 1.82) is 10.5 Å². The van der Waals surface area contributed by atoms with Crippen LogP contribution in [0.4, 0.5) is 0 Å². The molecule has 0 saturated heterocycles. The zero-order valence-electron chi connectivity index (χ0n) is 13.6. The minimum absolute atomic E-state index is 0.558. The van der Waals surface area contributed by atoms with Gasteiger partial charge < -0.3 is 9.84 Å². The highest BCUT2D eigenvalue weighted by atomic mass is 16.6. The van der Waals surface area contributed by atoms with Gasteiger partial charge in [-0.15, -0.1) is 13.2 Å². The summed E-state index contributed by atoms with van der Waals surface area (Å²) in [5, 5.41) is 25.3. The lowest BCUT2D eigenvalue weighted by Gasteiger charge is -2.24. The van der Waals surface area contributed by atoms with Crippen LogP contribution >= 0.6 is 0 Å². The summed E-state index contributed by atoms with van der Waals surface area (Å²) in [6.45, 7) is 14.7. The van der Waals surface area contributed by atoms with Gasteiger partial charge in [0, 0.05) is 0 Å². The molecule has 0 fully saturated rings. The smallest absolute Gasteiger partial charge is 0.330 e. The SMILES string of the molecule is C=CC(C)(C#N)C(=O)O.C=CC(C)(C#N)C(=O)OC(C)(C)C. The summed E-state index contributed by atoms with van der Waals surface area (Å²) in [7, 11) is 0. The first kappa shape index (κ1) is 21.7. The highest BCUT2D eigenvalue weighted by Gasteiger charge is 2.34. The second kappa shape index (κ2) is 7.99. The third-order valence-electron chi connectivity index (χ3n) is 2.55. The molecule has 0 aliphatic carbocycles. The van der Waals surface area contributed by atoms with Crippen molar-refractivity contribution < 1.29 is 19.4 Å². The maximum absolute atomic E-state index is 11.4. The average molecular weight is 306 g/mol. The second-order valence-corrected chi connectivity index (χ2v) is 5.84. The minimum atomic E-state index is -1.43. The van der Waals surface area contributed by atoms with E-state index in [0.717, 1.165) is 6.08 Å². The van der Waals surface area contributed by atoms with Gasteiger partial charge in [-0.3, -0.25) is 4.79 Å². The van der Waals surface area contributed by atoms with E-state index in [2.05, 4.69) is 13.2 Å². The molecule has 0 heterocycles. The van der Waals surface area contributed by atoms with Crippen LogP contribution in [0.2, 0.25) is 0 Å². The molecule has 120 valence electrons. The molecule has 0 aromatic carbocycles. The van der Waals surface area contributed by atoms with Gasteiger partial charge in [-0.25, -0.2) is 4.79 Å². The number of esters is 1. The number of nitriles is 2. The van der Waals surface area contributed by atoms with Crippen molar-refractivity contribution in [2.24, 2.45) is 10.8 Å².